The third-order valence-corrected chi connectivity index (χ3v) is 3.26. The Labute approximate surface area is 93.7 Å². The third kappa shape index (κ3) is 1.84. The molecule has 2 aromatic rings. The lowest BCUT2D eigenvalue weighted by atomic mass is 10.1. The number of hydrogen-bond acceptors (Lipinski definition) is 2. The fourth-order valence-corrected chi connectivity index (χ4v) is 2.46. The molecule has 1 nitrogen and oxygen atoms in total. The maximum Gasteiger partial charge on any atom is 0.0998 e. The van der Waals surface area contributed by atoms with E-state index in [1.54, 1.807) is 0 Å². The van der Waals surface area contributed by atoms with Crippen LogP contribution in [0.3, 0.4) is 0 Å². The van der Waals surface area contributed by atoms with Crippen LogP contribution >= 0.6 is 11.8 Å². The summed E-state index contributed by atoms with van der Waals surface area (Å²) >= 11 is 1.81. The van der Waals surface area contributed by atoms with E-state index in [2.05, 4.69) is 19.1 Å². The fraction of sp³-hybridized carbons (Fsp3) is 0.154. The van der Waals surface area contributed by atoms with Crippen molar-refractivity contribution >= 4 is 22.5 Å². The summed E-state index contributed by atoms with van der Waals surface area (Å²) in [6.07, 6.45) is 0. The van der Waals surface area contributed by atoms with Crippen molar-refractivity contribution in [2.75, 3.05) is 5.75 Å². The van der Waals surface area contributed by atoms with E-state index in [1.807, 2.05) is 42.1 Å². The summed E-state index contributed by atoms with van der Waals surface area (Å²) in [5.74, 6) is 1.05. The topological polar surface area (TPSA) is 23.8 Å². The van der Waals surface area contributed by atoms with Gasteiger partial charge in [0.15, 0.2) is 0 Å². The molecule has 0 N–H and O–H groups in total. The van der Waals surface area contributed by atoms with Gasteiger partial charge in [0.25, 0.3) is 0 Å². The van der Waals surface area contributed by atoms with Gasteiger partial charge in [-0.1, -0.05) is 31.2 Å². The molecule has 0 atom stereocenters. The van der Waals surface area contributed by atoms with Crippen LogP contribution in [0, 0.1) is 11.3 Å². The van der Waals surface area contributed by atoms with Crippen LogP contribution in [0.1, 0.15) is 12.5 Å². The van der Waals surface area contributed by atoms with Crippen molar-refractivity contribution in [3.63, 3.8) is 0 Å². The van der Waals surface area contributed by atoms with Crippen molar-refractivity contribution < 1.29 is 0 Å². The Morgan fingerprint density at radius 2 is 1.87 bits per heavy atom. The smallest absolute Gasteiger partial charge is 0.0998 e. The molecular weight excluding hydrogens is 202 g/mol. The number of hydrogen-bond donors (Lipinski definition) is 0. The van der Waals surface area contributed by atoms with Crippen LogP contribution in [0.4, 0.5) is 0 Å². The normalized spacial score (nSPS) is 10.1. The molecule has 0 spiro atoms. The summed E-state index contributed by atoms with van der Waals surface area (Å²) in [5, 5.41) is 11.2. The molecule has 0 saturated heterocycles. The minimum atomic E-state index is 0.756. The Balaban J connectivity index is 2.73. The highest BCUT2D eigenvalue weighted by Crippen LogP contribution is 2.29. The Morgan fingerprint density at radius 3 is 2.53 bits per heavy atom. The fourth-order valence-electron chi connectivity index (χ4n) is 1.65. The highest BCUT2D eigenvalue weighted by atomic mass is 32.2. The van der Waals surface area contributed by atoms with Gasteiger partial charge in [-0.2, -0.15) is 5.26 Å². The minimum Gasteiger partial charge on any atom is -0.192 e. The average Bonchev–Trinajstić information content (AvgIpc) is 2.30. The van der Waals surface area contributed by atoms with Crippen LogP contribution in [0.15, 0.2) is 41.3 Å². The lowest BCUT2D eigenvalue weighted by Crippen LogP contribution is -1.83. The van der Waals surface area contributed by atoms with E-state index in [0.29, 0.717) is 0 Å². The first kappa shape index (κ1) is 10.1. The number of fused-ring (bicyclic) bond motifs is 1. The Hall–Kier alpha value is -1.46. The summed E-state index contributed by atoms with van der Waals surface area (Å²) in [4.78, 5) is 1.26. The number of rotatable bonds is 2. The summed E-state index contributed by atoms with van der Waals surface area (Å²) in [6.45, 7) is 2.14. The van der Waals surface area contributed by atoms with Gasteiger partial charge in [0.05, 0.1) is 11.6 Å². The van der Waals surface area contributed by atoms with Gasteiger partial charge in [0, 0.05) is 10.3 Å². The summed E-state index contributed by atoms with van der Waals surface area (Å²) < 4.78 is 0. The summed E-state index contributed by atoms with van der Waals surface area (Å²) in [7, 11) is 0. The van der Waals surface area contributed by atoms with Crippen molar-refractivity contribution in [2.24, 2.45) is 0 Å². The number of benzene rings is 2. The van der Waals surface area contributed by atoms with Crippen LogP contribution in [0.5, 0.6) is 0 Å². The molecule has 74 valence electrons. The van der Waals surface area contributed by atoms with Crippen LogP contribution in [-0.4, -0.2) is 5.75 Å². The van der Waals surface area contributed by atoms with Gasteiger partial charge in [0.1, 0.15) is 0 Å². The number of nitrogens with zero attached hydrogens (tertiary/aromatic N) is 1. The molecule has 2 rings (SSSR count). The molecule has 0 aliphatic heterocycles. The van der Waals surface area contributed by atoms with Crippen LogP contribution in [0.25, 0.3) is 10.8 Å². The second-order valence-electron chi connectivity index (χ2n) is 3.20. The molecule has 0 bridgehead atoms. The van der Waals surface area contributed by atoms with E-state index in [-0.39, 0.29) is 0 Å². The molecule has 0 radical (unpaired) electrons. The van der Waals surface area contributed by atoms with Gasteiger partial charge in [0.2, 0.25) is 0 Å². The molecule has 0 heterocycles. The summed E-state index contributed by atoms with van der Waals surface area (Å²) in [5.41, 5.74) is 0.756. The second kappa shape index (κ2) is 4.37. The van der Waals surface area contributed by atoms with E-state index >= 15 is 0 Å². The van der Waals surface area contributed by atoms with Crippen LogP contribution < -0.4 is 0 Å². The Bertz CT molecular complexity index is 526. The standard InChI is InChI=1S/C13H11NS/c1-2-15-13-8-7-10(9-14)11-5-3-4-6-12(11)13/h3-8H,2H2,1H3. The zero-order valence-electron chi connectivity index (χ0n) is 8.53. The molecule has 0 aromatic heterocycles. The van der Waals surface area contributed by atoms with Gasteiger partial charge < -0.3 is 0 Å². The molecule has 0 unspecified atom stereocenters. The average molecular weight is 213 g/mol. The summed E-state index contributed by atoms with van der Waals surface area (Å²) in [6, 6.07) is 14.2. The predicted octanol–water partition coefficient (Wildman–Crippen LogP) is 3.82. The number of thioether (sulfide) groups is 1. The SMILES string of the molecule is CCSc1ccc(C#N)c2ccccc12. The van der Waals surface area contributed by atoms with Crippen molar-refractivity contribution in [3.05, 3.63) is 42.0 Å². The largest absolute Gasteiger partial charge is 0.192 e. The highest BCUT2D eigenvalue weighted by Gasteiger charge is 2.04. The Morgan fingerprint density at radius 1 is 1.13 bits per heavy atom. The molecule has 0 saturated carbocycles. The molecule has 15 heavy (non-hydrogen) atoms. The lowest BCUT2D eigenvalue weighted by molar-refractivity contribution is 1.45. The Kier molecular flexibility index (Phi) is 2.94. The van der Waals surface area contributed by atoms with E-state index in [1.165, 1.54) is 10.3 Å². The van der Waals surface area contributed by atoms with Crippen molar-refractivity contribution in [3.8, 4) is 6.07 Å². The first-order chi connectivity index (χ1) is 7.36. The molecule has 0 aliphatic carbocycles. The lowest BCUT2D eigenvalue weighted by Gasteiger charge is -2.05. The first-order valence-electron chi connectivity index (χ1n) is 4.91. The highest BCUT2D eigenvalue weighted by molar-refractivity contribution is 7.99. The van der Waals surface area contributed by atoms with Gasteiger partial charge >= 0.3 is 0 Å². The monoisotopic (exact) mass is 213 g/mol. The van der Waals surface area contributed by atoms with Gasteiger partial charge in [-0.05, 0) is 23.3 Å². The molecule has 2 heteroatoms. The van der Waals surface area contributed by atoms with E-state index in [4.69, 9.17) is 5.26 Å². The van der Waals surface area contributed by atoms with Gasteiger partial charge in [-0.15, -0.1) is 11.8 Å². The zero-order valence-corrected chi connectivity index (χ0v) is 9.34. The molecule has 0 fully saturated rings. The van der Waals surface area contributed by atoms with Crippen molar-refractivity contribution in [1.29, 1.82) is 5.26 Å². The third-order valence-electron chi connectivity index (χ3n) is 2.30. The molecule has 0 amide bonds. The van der Waals surface area contributed by atoms with Crippen molar-refractivity contribution in [1.82, 2.24) is 0 Å². The van der Waals surface area contributed by atoms with E-state index < -0.39 is 0 Å². The molecule has 2 aromatic carbocycles. The molecule has 0 aliphatic rings. The van der Waals surface area contributed by atoms with E-state index in [9.17, 15) is 0 Å². The van der Waals surface area contributed by atoms with Crippen LogP contribution in [0.2, 0.25) is 0 Å². The maximum absolute atomic E-state index is 9.00. The minimum absolute atomic E-state index is 0.756. The second-order valence-corrected chi connectivity index (χ2v) is 4.51. The van der Waals surface area contributed by atoms with Gasteiger partial charge in [-0.25, -0.2) is 0 Å². The predicted molar refractivity (Wildman–Crippen MR) is 65.1 cm³/mol. The van der Waals surface area contributed by atoms with E-state index in [0.717, 1.165) is 16.7 Å². The first-order valence-corrected chi connectivity index (χ1v) is 5.90. The van der Waals surface area contributed by atoms with Crippen molar-refractivity contribution in [2.45, 2.75) is 11.8 Å². The quantitative estimate of drug-likeness (QED) is 0.708. The number of nitriles is 1. The van der Waals surface area contributed by atoms with Gasteiger partial charge in [-0.3, -0.25) is 0 Å². The zero-order chi connectivity index (χ0) is 10.7. The molecular formula is C13H11NS. The maximum atomic E-state index is 9.00. The van der Waals surface area contributed by atoms with Crippen LogP contribution in [-0.2, 0) is 0 Å².